The fraction of sp³-hybridized carbons (Fsp3) is 0.556. The van der Waals surface area contributed by atoms with E-state index in [1.165, 1.54) is 25.7 Å². The van der Waals surface area contributed by atoms with Crippen molar-refractivity contribution in [3.05, 3.63) is 35.9 Å². The molecular weight excluding hydrogens is 276 g/mol. The minimum absolute atomic E-state index is 0.0709. The summed E-state index contributed by atoms with van der Waals surface area (Å²) in [5, 5.41) is 4.12. The first kappa shape index (κ1) is 15.1. The number of hydrogen-bond acceptors (Lipinski definition) is 3. The van der Waals surface area contributed by atoms with Gasteiger partial charge in [0.25, 0.3) is 5.91 Å². The van der Waals surface area contributed by atoms with E-state index in [0.717, 1.165) is 24.1 Å². The normalized spacial score (nSPS) is 22.6. The largest absolute Gasteiger partial charge is 0.382 e. The highest BCUT2D eigenvalue weighted by Gasteiger charge is 2.33. The number of oxime groups is 1. The lowest BCUT2D eigenvalue weighted by Crippen LogP contribution is -2.43. The average Bonchev–Trinajstić information content (AvgIpc) is 2.90. The number of hydrogen-bond donors (Lipinski definition) is 0. The number of nitrogens with zero attached hydrogens (tertiary/aromatic N) is 2. The van der Waals surface area contributed by atoms with Gasteiger partial charge in [0.1, 0.15) is 0 Å². The first-order valence-electron chi connectivity index (χ1n) is 8.30. The van der Waals surface area contributed by atoms with Crippen molar-refractivity contribution in [2.24, 2.45) is 5.16 Å². The fourth-order valence-corrected chi connectivity index (χ4v) is 3.36. The molecule has 0 bridgehead atoms. The molecule has 1 fully saturated rings. The summed E-state index contributed by atoms with van der Waals surface area (Å²) in [7, 11) is 1.92. The van der Waals surface area contributed by atoms with Crippen LogP contribution in [0.15, 0.2) is 35.5 Å². The molecule has 1 aliphatic heterocycles. The van der Waals surface area contributed by atoms with Crippen LogP contribution in [0.3, 0.4) is 0 Å². The third kappa shape index (κ3) is 3.32. The van der Waals surface area contributed by atoms with E-state index in [1.54, 1.807) is 0 Å². The molecule has 3 rings (SSSR count). The molecule has 1 atom stereocenters. The van der Waals surface area contributed by atoms with Gasteiger partial charge in [0.15, 0.2) is 0 Å². The van der Waals surface area contributed by atoms with Gasteiger partial charge in [-0.3, -0.25) is 4.79 Å². The highest BCUT2D eigenvalue weighted by atomic mass is 16.6. The second-order valence-electron chi connectivity index (χ2n) is 6.30. The Kier molecular flexibility index (Phi) is 4.76. The van der Waals surface area contributed by atoms with Gasteiger partial charge in [-0.1, -0.05) is 61.2 Å². The molecule has 118 valence electrons. The van der Waals surface area contributed by atoms with E-state index < -0.39 is 6.10 Å². The van der Waals surface area contributed by atoms with Crippen molar-refractivity contribution in [1.82, 2.24) is 4.90 Å². The number of likely N-dealkylation sites (N-methyl/N-ethyl adjacent to an activating group) is 1. The van der Waals surface area contributed by atoms with Crippen molar-refractivity contribution < 1.29 is 9.63 Å². The molecule has 0 N–H and O–H groups in total. The molecular formula is C18H24N2O2. The third-order valence-corrected chi connectivity index (χ3v) is 4.77. The molecule has 2 aliphatic rings. The monoisotopic (exact) mass is 300 g/mol. The van der Waals surface area contributed by atoms with Gasteiger partial charge in [0.05, 0.1) is 5.71 Å². The maximum Gasteiger partial charge on any atom is 0.266 e. The van der Waals surface area contributed by atoms with Crippen LogP contribution in [0.1, 0.15) is 50.5 Å². The summed E-state index contributed by atoms with van der Waals surface area (Å²) in [6.45, 7) is 0. The van der Waals surface area contributed by atoms with Gasteiger partial charge in [0.2, 0.25) is 6.10 Å². The van der Waals surface area contributed by atoms with Crippen LogP contribution in [0.25, 0.3) is 0 Å². The van der Waals surface area contributed by atoms with Gasteiger partial charge in [0, 0.05) is 19.5 Å². The molecule has 1 unspecified atom stereocenters. The van der Waals surface area contributed by atoms with E-state index in [2.05, 4.69) is 5.16 Å². The van der Waals surface area contributed by atoms with Crippen LogP contribution in [0.5, 0.6) is 0 Å². The Morgan fingerprint density at radius 2 is 1.82 bits per heavy atom. The van der Waals surface area contributed by atoms with Crippen molar-refractivity contribution in [1.29, 1.82) is 0 Å². The van der Waals surface area contributed by atoms with Crippen LogP contribution >= 0.6 is 0 Å². The first-order valence-corrected chi connectivity index (χ1v) is 8.30. The van der Waals surface area contributed by atoms with E-state index in [9.17, 15) is 4.79 Å². The Hall–Kier alpha value is -1.84. The average molecular weight is 300 g/mol. The lowest BCUT2D eigenvalue weighted by Gasteiger charge is -2.28. The predicted octanol–water partition coefficient (Wildman–Crippen LogP) is 3.36. The zero-order valence-electron chi connectivity index (χ0n) is 13.2. The molecule has 0 spiro atoms. The molecule has 4 heteroatoms. The Bertz CT molecular complexity index is 533. The minimum atomic E-state index is -0.455. The third-order valence-electron chi connectivity index (χ3n) is 4.77. The van der Waals surface area contributed by atoms with E-state index >= 15 is 0 Å². The van der Waals surface area contributed by atoms with Crippen LogP contribution in [0.4, 0.5) is 0 Å². The standard InChI is InChI=1S/C18H24N2O2/c1-20(15-11-7-2-3-8-12-15)18(21)17-13-16(19-22-17)14-9-5-4-6-10-14/h4-6,9-10,15,17H,2-3,7-8,11-13H2,1H3. The molecule has 1 amide bonds. The summed E-state index contributed by atoms with van der Waals surface area (Å²) in [5.74, 6) is 0.0709. The van der Waals surface area contributed by atoms with Gasteiger partial charge in [-0.15, -0.1) is 0 Å². The molecule has 1 saturated carbocycles. The fourth-order valence-electron chi connectivity index (χ4n) is 3.36. The van der Waals surface area contributed by atoms with E-state index in [4.69, 9.17) is 4.84 Å². The Labute approximate surface area is 132 Å². The van der Waals surface area contributed by atoms with Crippen LogP contribution in [0.2, 0.25) is 0 Å². The molecule has 0 aromatic heterocycles. The zero-order valence-corrected chi connectivity index (χ0v) is 13.2. The summed E-state index contributed by atoms with van der Waals surface area (Å²) >= 11 is 0. The zero-order chi connectivity index (χ0) is 15.4. The number of amides is 1. The topological polar surface area (TPSA) is 41.9 Å². The van der Waals surface area contributed by atoms with Gasteiger partial charge in [-0.2, -0.15) is 0 Å². The lowest BCUT2D eigenvalue weighted by molar-refractivity contribution is -0.143. The number of benzene rings is 1. The van der Waals surface area contributed by atoms with Crippen molar-refractivity contribution in [3.63, 3.8) is 0 Å². The molecule has 0 radical (unpaired) electrons. The van der Waals surface area contributed by atoms with Gasteiger partial charge in [-0.25, -0.2) is 0 Å². The van der Waals surface area contributed by atoms with Gasteiger partial charge < -0.3 is 9.74 Å². The van der Waals surface area contributed by atoms with Crippen LogP contribution < -0.4 is 0 Å². The van der Waals surface area contributed by atoms with Crippen molar-refractivity contribution in [2.75, 3.05) is 7.05 Å². The summed E-state index contributed by atoms with van der Waals surface area (Å²) in [4.78, 5) is 20.0. The van der Waals surface area contributed by atoms with E-state index in [1.807, 2.05) is 42.3 Å². The van der Waals surface area contributed by atoms with Crippen LogP contribution in [0, 0.1) is 0 Å². The molecule has 1 heterocycles. The maximum absolute atomic E-state index is 12.7. The minimum Gasteiger partial charge on any atom is -0.382 e. The summed E-state index contributed by atoms with van der Waals surface area (Å²) in [5.41, 5.74) is 1.91. The summed E-state index contributed by atoms with van der Waals surface area (Å²) in [6, 6.07) is 10.3. The van der Waals surface area contributed by atoms with Gasteiger partial charge in [-0.05, 0) is 18.4 Å². The lowest BCUT2D eigenvalue weighted by atomic mass is 10.0. The second kappa shape index (κ2) is 6.95. The van der Waals surface area contributed by atoms with Crippen LogP contribution in [-0.4, -0.2) is 35.7 Å². The maximum atomic E-state index is 12.7. The molecule has 4 nitrogen and oxygen atoms in total. The summed E-state index contributed by atoms with van der Waals surface area (Å²) < 4.78 is 0. The molecule has 0 saturated heterocycles. The molecule has 22 heavy (non-hydrogen) atoms. The predicted molar refractivity (Wildman–Crippen MR) is 86.7 cm³/mol. The Morgan fingerprint density at radius 3 is 2.50 bits per heavy atom. The SMILES string of the molecule is CN(C(=O)C1CC(c2ccccc2)=NO1)C1CCCCCC1. The number of carbonyl (C=O) groups excluding carboxylic acids is 1. The van der Waals surface area contributed by atoms with Crippen molar-refractivity contribution >= 4 is 11.6 Å². The highest BCUT2D eigenvalue weighted by molar-refractivity contribution is 6.04. The van der Waals surface area contributed by atoms with Crippen molar-refractivity contribution in [2.45, 2.75) is 57.1 Å². The first-order chi connectivity index (χ1) is 10.8. The van der Waals surface area contributed by atoms with E-state index in [-0.39, 0.29) is 5.91 Å². The van der Waals surface area contributed by atoms with E-state index in [0.29, 0.717) is 12.5 Å². The molecule has 1 aromatic carbocycles. The van der Waals surface area contributed by atoms with Gasteiger partial charge >= 0.3 is 0 Å². The second-order valence-corrected chi connectivity index (χ2v) is 6.30. The Balaban J connectivity index is 1.60. The highest BCUT2D eigenvalue weighted by Crippen LogP contribution is 2.24. The molecule has 1 aliphatic carbocycles. The number of rotatable bonds is 3. The molecule has 1 aromatic rings. The number of carbonyl (C=O) groups is 1. The smallest absolute Gasteiger partial charge is 0.266 e. The Morgan fingerprint density at radius 1 is 1.14 bits per heavy atom. The summed E-state index contributed by atoms with van der Waals surface area (Å²) in [6.07, 6.45) is 7.37. The van der Waals surface area contributed by atoms with Crippen molar-refractivity contribution in [3.8, 4) is 0 Å². The van der Waals surface area contributed by atoms with Crippen LogP contribution in [-0.2, 0) is 9.63 Å². The quantitative estimate of drug-likeness (QED) is 0.803.